The monoisotopic (exact) mass is 292 g/mol. The molecular formula is C11H14Cl2N2O3. The second-order valence-electron chi connectivity index (χ2n) is 4.27. The fraction of sp³-hybridized carbons (Fsp3) is 0.545. The third-order valence-corrected chi connectivity index (χ3v) is 3.13. The molecule has 1 aliphatic rings. The molecule has 1 N–H and O–H groups in total. The number of nitrogens with zero attached hydrogens (tertiary/aromatic N) is 1. The Bertz CT molecular complexity index is 396. The van der Waals surface area contributed by atoms with Crippen LogP contribution in [0.4, 0.5) is 0 Å². The van der Waals surface area contributed by atoms with Gasteiger partial charge in [0.15, 0.2) is 4.84 Å². The van der Waals surface area contributed by atoms with Gasteiger partial charge >= 0.3 is 0 Å². The van der Waals surface area contributed by atoms with Gasteiger partial charge in [-0.05, 0) is 13.0 Å². The highest BCUT2D eigenvalue weighted by atomic mass is 35.5. The average molecular weight is 293 g/mol. The van der Waals surface area contributed by atoms with Gasteiger partial charge in [0.25, 0.3) is 5.91 Å². The van der Waals surface area contributed by atoms with Crippen LogP contribution in [0, 0.1) is 10.1 Å². The van der Waals surface area contributed by atoms with Crippen LogP contribution < -0.4 is 5.32 Å². The summed E-state index contributed by atoms with van der Waals surface area (Å²) >= 11 is 10.8. The van der Waals surface area contributed by atoms with Crippen LogP contribution >= 0.6 is 23.2 Å². The van der Waals surface area contributed by atoms with E-state index in [1.165, 1.54) is 0 Å². The number of carbonyl (C=O) groups is 1. The molecule has 0 aromatic carbocycles. The number of halogens is 2. The lowest BCUT2D eigenvalue weighted by atomic mass is 9.86. The zero-order valence-corrected chi connectivity index (χ0v) is 11.3. The quantitative estimate of drug-likeness (QED) is 0.480. The Hall–Kier alpha value is -1.07. The second-order valence-corrected chi connectivity index (χ2v) is 5.36. The number of carbonyl (C=O) groups excluding carboxylic acids is 1. The van der Waals surface area contributed by atoms with E-state index in [0.29, 0.717) is 6.42 Å². The van der Waals surface area contributed by atoms with E-state index in [4.69, 9.17) is 23.2 Å². The summed E-state index contributed by atoms with van der Waals surface area (Å²) in [4.78, 5) is 21.0. The highest BCUT2D eigenvalue weighted by Crippen LogP contribution is 2.27. The Labute approximate surface area is 115 Å². The molecule has 1 aliphatic carbocycles. The molecule has 0 fully saturated rings. The van der Waals surface area contributed by atoms with E-state index in [0.717, 1.165) is 0 Å². The minimum absolute atomic E-state index is 0.188. The predicted molar refractivity (Wildman–Crippen MR) is 70.3 cm³/mol. The zero-order valence-electron chi connectivity index (χ0n) is 9.81. The van der Waals surface area contributed by atoms with Crippen LogP contribution in [-0.2, 0) is 4.79 Å². The SMILES string of the molecule is CC(CC1([N+](=O)[O-])C=CC=CC1)NC(=O)C(Cl)Cl. The molecule has 0 bridgehead atoms. The summed E-state index contributed by atoms with van der Waals surface area (Å²) in [6, 6.07) is -0.390. The minimum atomic E-state index is -1.17. The molecule has 100 valence electrons. The molecule has 2 atom stereocenters. The number of hydrogen-bond acceptors (Lipinski definition) is 3. The summed E-state index contributed by atoms with van der Waals surface area (Å²) in [6.45, 7) is 1.69. The number of rotatable bonds is 5. The van der Waals surface area contributed by atoms with Gasteiger partial charge in [-0.1, -0.05) is 41.4 Å². The molecule has 5 nitrogen and oxygen atoms in total. The van der Waals surface area contributed by atoms with E-state index in [2.05, 4.69) is 5.32 Å². The van der Waals surface area contributed by atoms with E-state index in [-0.39, 0.29) is 17.4 Å². The van der Waals surface area contributed by atoms with E-state index in [1.807, 2.05) is 0 Å². The third kappa shape index (κ3) is 3.71. The molecule has 0 aromatic heterocycles. The fourth-order valence-corrected chi connectivity index (χ4v) is 2.03. The van der Waals surface area contributed by atoms with Gasteiger partial charge in [0.1, 0.15) is 0 Å². The summed E-state index contributed by atoms with van der Waals surface area (Å²) in [7, 11) is 0. The third-order valence-electron chi connectivity index (χ3n) is 2.74. The van der Waals surface area contributed by atoms with Crippen molar-refractivity contribution in [2.45, 2.75) is 36.2 Å². The molecule has 0 spiro atoms. The topological polar surface area (TPSA) is 72.2 Å². The van der Waals surface area contributed by atoms with Crippen LogP contribution in [0.2, 0.25) is 0 Å². The van der Waals surface area contributed by atoms with Crippen LogP contribution in [0.5, 0.6) is 0 Å². The Morgan fingerprint density at radius 2 is 2.22 bits per heavy atom. The van der Waals surface area contributed by atoms with E-state index in [1.54, 1.807) is 31.2 Å². The Morgan fingerprint density at radius 1 is 1.56 bits per heavy atom. The van der Waals surface area contributed by atoms with Crippen molar-refractivity contribution in [3.05, 3.63) is 34.4 Å². The van der Waals surface area contributed by atoms with Crippen molar-refractivity contribution in [3.63, 3.8) is 0 Å². The van der Waals surface area contributed by atoms with Crippen molar-refractivity contribution in [3.8, 4) is 0 Å². The van der Waals surface area contributed by atoms with Crippen molar-refractivity contribution in [1.82, 2.24) is 5.32 Å². The van der Waals surface area contributed by atoms with Crippen LogP contribution in [0.25, 0.3) is 0 Å². The molecule has 1 rings (SSSR count). The highest BCUT2D eigenvalue weighted by Gasteiger charge is 2.41. The summed E-state index contributed by atoms with van der Waals surface area (Å²) in [5.41, 5.74) is -1.17. The van der Waals surface area contributed by atoms with Crippen molar-refractivity contribution >= 4 is 29.1 Å². The van der Waals surface area contributed by atoms with Crippen LogP contribution in [0.1, 0.15) is 19.8 Å². The molecule has 2 unspecified atom stereocenters. The molecule has 0 aliphatic heterocycles. The largest absolute Gasteiger partial charge is 0.351 e. The zero-order chi connectivity index (χ0) is 13.8. The number of amides is 1. The number of nitro groups is 1. The van der Waals surface area contributed by atoms with E-state index >= 15 is 0 Å². The molecule has 1 amide bonds. The normalized spacial score (nSPS) is 24.0. The summed E-state index contributed by atoms with van der Waals surface area (Å²) < 4.78 is 0. The van der Waals surface area contributed by atoms with Gasteiger partial charge in [-0.2, -0.15) is 0 Å². The first-order valence-electron chi connectivity index (χ1n) is 5.45. The summed E-state index contributed by atoms with van der Waals surface area (Å²) in [5, 5.41) is 13.7. The van der Waals surface area contributed by atoms with Gasteiger partial charge in [-0.15, -0.1) is 0 Å². The Morgan fingerprint density at radius 3 is 2.67 bits per heavy atom. The maximum atomic E-state index is 11.3. The smallest absolute Gasteiger partial charge is 0.253 e. The number of hydrogen-bond donors (Lipinski definition) is 1. The lowest BCUT2D eigenvalue weighted by Crippen LogP contribution is -2.45. The molecular weight excluding hydrogens is 279 g/mol. The molecule has 0 radical (unpaired) electrons. The van der Waals surface area contributed by atoms with Crippen molar-refractivity contribution in [2.24, 2.45) is 0 Å². The maximum Gasteiger partial charge on any atom is 0.253 e. The molecule has 0 aromatic rings. The Balaban J connectivity index is 2.68. The standard InChI is InChI=1S/C11H14Cl2N2O3/c1-8(14-10(16)9(12)13)7-11(15(17)18)5-3-2-4-6-11/h2-5,8-9H,6-7H2,1H3,(H,14,16). The van der Waals surface area contributed by atoms with Gasteiger partial charge in [-0.3, -0.25) is 14.9 Å². The molecule has 0 heterocycles. The van der Waals surface area contributed by atoms with E-state index in [9.17, 15) is 14.9 Å². The van der Waals surface area contributed by atoms with Crippen LogP contribution in [0.15, 0.2) is 24.3 Å². The van der Waals surface area contributed by atoms with Crippen molar-refractivity contribution in [2.75, 3.05) is 0 Å². The average Bonchev–Trinajstić information content (AvgIpc) is 2.29. The number of allylic oxidation sites excluding steroid dienone is 2. The number of alkyl halides is 2. The highest BCUT2D eigenvalue weighted by molar-refractivity contribution is 6.53. The van der Waals surface area contributed by atoms with Crippen LogP contribution in [-0.4, -0.2) is 27.2 Å². The predicted octanol–water partition coefficient (Wildman–Crippen LogP) is 2.22. The van der Waals surface area contributed by atoms with Gasteiger partial charge in [0, 0.05) is 23.8 Å². The first-order valence-corrected chi connectivity index (χ1v) is 6.32. The van der Waals surface area contributed by atoms with Gasteiger partial charge < -0.3 is 5.32 Å². The van der Waals surface area contributed by atoms with Gasteiger partial charge in [-0.25, -0.2) is 0 Å². The molecule has 7 heteroatoms. The molecule has 0 saturated heterocycles. The molecule has 18 heavy (non-hydrogen) atoms. The second kappa shape index (κ2) is 6.20. The minimum Gasteiger partial charge on any atom is -0.351 e. The van der Waals surface area contributed by atoms with Crippen LogP contribution in [0.3, 0.4) is 0 Å². The molecule has 0 saturated carbocycles. The summed E-state index contributed by atoms with van der Waals surface area (Å²) in [5.74, 6) is -0.542. The maximum absolute atomic E-state index is 11.3. The first kappa shape index (κ1) is 15.0. The van der Waals surface area contributed by atoms with Gasteiger partial charge in [0.2, 0.25) is 5.54 Å². The lowest BCUT2D eigenvalue weighted by Gasteiger charge is -2.26. The Kier molecular flexibility index (Phi) is 5.16. The van der Waals surface area contributed by atoms with E-state index < -0.39 is 16.3 Å². The summed E-state index contributed by atoms with van der Waals surface area (Å²) in [6.07, 6.45) is 7.19. The van der Waals surface area contributed by atoms with Crippen molar-refractivity contribution in [1.29, 1.82) is 0 Å². The lowest BCUT2D eigenvalue weighted by molar-refractivity contribution is -0.556. The van der Waals surface area contributed by atoms with Gasteiger partial charge in [0.05, 0.1) is 0 Å². The fourth-order valence-electron chi connectivity index (χ4n) is 1.90. The number of nitrogens with one attached hydrogen (secondary N) is 1. The van der Waals surface area contributed by atoms with Crippen molar-refractivity contribution < 1.29 is 9.72 Å². The first-order chi connectivity index (χ1) is 8.37.